The van der Waals surface area contributed by atoms with Gasteiger partial charge < -0.3 is 13.9 Å². The van der Waals surface area contributed by atoms with E-state index < -0.39 is 11.6 Å². The Morgan fingerprint density at radius 2 is 2.06 bits per heavy atom. The highest BCUT2D eigenvalue weighted by atomic mass is 16.5. The van der Waals surface area contributed by atoms with Crippen LogP contribution in [0.4, 0.5) is 0 Å². The first-order valence-corrected chi connectivity index (χ1v) is 5.31. The number of rotatable bonds is 3. The lowest BCUT2D eigenvalue weighted by Crippen LogP contribution is -2.13. The predicted octanol–water partition coefficient (Wildman–Crippen LogP) is 1.52. The van der Waals surface area contributed by atoms with Crippen LogP contribution < -0.4 is 10.4 Å². The number of ether oxygens (including phenoxy) is 2. The van der Waals surface area contributed by atoms with Crippen molar-refractivity contribution in [3.8, 4) is 5.75 Å². The molecule has 5 heteroatoms. The maximum absolute atomic E-state index is 11.6. The van der Waals surface area contributed by atoms with Crippen molar-refractivity contribution in [3.63, 3.8) is 0 Å². The summed E-state index contributed by atoms with van der Waals surface area (Å²) >= 11 is 0. The third-order valence-electron chi connectivity index (χ3n) is 2.57. The fourth-order valence-corrected chi connectivity index (χ4v) is 1.62. The summed E-state index contributed by atoms with van der Waals surface area (Å²) in [5.74, 6) is 0.171. The van der Waals surface area contributed by atoms with Gasteiger partial charge in [0.2, 0.25) is 0 Å². The molecule has 0 N–H and O–H groups in total. The van der Waals surface area contributed by atoms with E-state index in [9.17, 15) is 9.59 Å². The third kappa shape index (κ3) is 2.34. The Hall–Kier alpha value is -2.30. The first kappa shape index (κ1) is 12.2. The molecule has 0 radical (unpaired) electrons. The molecule has 1 heterocycles. The van der Waals surface area contributed by atoms with Gasteiger partial charge in [-0.05, 0) is 24.3 Å². The summed E-state index contributed by atoms with van der Waals surface area (Å²) in [6.07, 6.45) is -0.105. The molecule has 0 saturated heterocycles. The molecule has 0 amide bonds. The largest absolute Gasteiger partial charge is 0.497 e. The molecule has 0 aliphatic carbocycles. The fraction of sp³-hybridized carbons (Fsp3) is 0.231. The van der Waals surface area contributed by atoms with E-state index in [2.05, 4.69) is 4.74 Å². The van der Waals surface area contributed by atoms with E-state index in [1.807, 2.05) is 0 Å². The zero-order valence-electron chi connectivity index (χ0n) is 10.1. The Balaban J connectivity index is 2.51. The van der Waals surface area contributed by atoms with Crippen molar-refractivity contribution in [2.75, 3.05) is 14.2 Å². The minimum absolute atomic E-state index is 0.105. The van der Waals surface area contributed by atoms with Crippen molar-refractivity contribution >= 4 is 16.9 Å². The molecule has 18 heavy (non-hydrogen) atoms. The summed E-state index contributed by atoms with van der Waals surface area (Å²) < 4.78 is 14.7. The zero-order chi connectivity index (χ0) is 13.1. The second kappa shape index (κ2) is 4.91. The molecule has 0 saturated carbocycles. The van der Waals surface area contributed by atoms with Crippen LogP contribution in [0.2, 0.25) is 0 Å². The minimum atomic E-state index is -0.530. The van der Waals surface area contributed by atoms with Crippen LogP contribution in [0.3, 0.4) is 0 Å². The molecular weight excluding hydrogens is 236 g/mol. The van der Waals surface area contributed by atoms with Gasteiger partial charge in [0.05, 0.1) is 20.6 Å². The lowest BCUT2D eigenvalue weighted by molar-refractivity contribution is -0.139. The molecule has 1 aromatic carbocycles. The summed E-state index contributed by atoms with van der Waals surface area (Å²) in [7, 11) is 2.82. The lowest BCUT2D eigenvalue weighted by Gasteiger charge is -2.03. The number of benzene rings is 1. The molecule has 2 aromatic rings. The summed E-state index contributed by atoms with van der Waals surface area (Å²) in [4.78, 5) is 22.8. The summed E-state index contributed by atoms with van der Waals surface area (Å²) in [5, 5.41) is 0.702. The Morgan fingerprint density at radius 1 is 1.28 bits per heavy atom. The van der Waals surface area contributed by atoms with Crippen LogP contribution in [0.5, 0.6) is 5.75 Å². The Bertz CT molecular complexity index is 641. The third-order valence-corrected chi connectivity index (χ3v) is 2.57. The van der Waals surface area contributed by atoms with Gasteiger partial charge in [0.15, 0.2) is 0 Å². The average molecular weight is 248 g/mol. The highest BCUT2D eigenvalue weighted by Gasteiger charge is 2.10. The second-order valence-electron chi connectivity index (χ2n) is 3.72. The first-order chi connectivity index (χ1) is 8.63. The van der Waals surface area contributed by atoms with Crippen LogP contribution in [-0.4, -0.2) is 20.2 Å². The quantitative estimate of drug-likeness (QED) is 0.608. The van der Waals surface area contributed by atoms with Crippen LogP contribution in [0, 0.1) is 0 Å². The van der Waals surface area contributed by atoms with E-state index in [-0.39, 0.29) is 12.0 Å². The molecule has 0 spiro atoms. The molecule has 0 bridgehead atoms. The van der Waals surface area contributed by atoms with Gasteiger partial charge in [-0.2, -0.15) is 0 Å². The van der Waals surface area contributed by atoms with Gasteiger partial charge in [0.25, 0.3) is 0 Å². The smallest absolute Gasteiger partial charge is 0.340 e. The number of fused-ring (bicyclic) bond motifs is 1. The monoisotopic (exact) mass is 248 g/mol. The number of carbonyl (C=O) groups is 1. The van der Waals surface area contributed by atoms with Crippen molar-refractivity contribution in [1.82, 2.24) is 0 Å². The Labute approximate surface area is 103 Å². The molecule has 0 atom stereocenters. The molecule has 94 valence electrons. The minimum Gasteiger partial charge on any atom is -0.497 e. The topological polar surface area (TPSA) is 65.7 Å². The van der Waals surface area contributed by atoms with E-state index >= 15 is 0 Å². The molecule has 2 rings (SSSR count). The summed E-state index contributed by atoms with van der Waals surface area (Å²) in [6, 6.07) is 6.70. The second-order valence-corrected chi connectivity index (χ2v) is 3.72. The van der Waals surface area contributed by atoms with E-state index in [4.69, 9.17) is 9.15 Å². The lowest BCUT2D eigenvalue weighted by atomic mass is 10.1. The van der Waals surface area contributed by atoms with E-state index in [1.165, 1.54) is 7.11 Å². The average Bonchev–Trinajstić information content (AvgIpc) is 2.39. The van der Waals surface area contributed by atoms with Crippen molar-refractivity contribution in [3.05, 3.63) is 40.2 Å². The molecule has 5 nitrogen and oxygen atoms in total. The SMILES string of the molecule is COC(=O)Cc1cc2cc(OC)ccc2oc1=O. The Kier molecular flexibility index (Phi) is 3.32. The van der Waals surface area contributed by atoms with Crippen molar-refractivity contribution in [2.45, 2.75) is 6.42 Å². The highest BCUT2D eigenvalue weighted by Crippen LogP contribution is 2.20. The van der Waals surface area contributed by atoms with Crippen molar-refractivity contribution < 1.29 is 18.7 Å². The normalized spacial score (nSPS) is 10.3. The van der Waals surface area contributed by atoms with Gasteiger partial charge in [0, 0.05) is 10.9 Å². The van der Waals surface area contributed by atoms with Gasteiger partial charge in [-0.25, -0.2) is 4.79 Å². The maximum atomic E-state index is 11.6. The number of hydrogen-bond acceptors (Lipinski definition) is 5. The molecule has 0 unspecified atom stereocenters. The fourth-order valence-electron chi connectivity index (χ4n) is 1.62. The van der Waals surface area contributed by atoms with Gasteiger partial charge >= 0.3 is 11.6 Å². The number of carbonyl (C=O) groups excluding carboxylic acids is 1. The number of methoxy groups -OCH3 is 2. The van der Waals surface area contributed by atoms with Gasteiger partial charge in [-0.1, -0.05) is 0 Å². The van der Waals surface area contributed by atoms with Crippen LogP contribution in [0.1, 0.15) is 5.56 Å². The molecule has 0 aliphatic rings. The van der Waals surface area contributed by atoms with Gasteiger partial charge in [-0.15, -0.1) is 0 Å². The molecule has 1 aromatic heterocycles. The molecule has 0 aliphatic heterocycles. The van der Waals surface area contributed by atoms with Crippen molar-refractivity contribution in [2.24, 2.45) is 0 Å². The van der Waals surface area contributed by atoms with Crippen molar-refractivity contribution in [1.29, 1.82) is 0 Å². The van der Waals surface area contributed by atoms with Crippen LogP contribution in [0.15, 0.2) is 33.5 Å². The summed E-state index contributed by atoms with van der Waals surface area (Å²) in [6.45, 7) is 0. The van der Waals surface area contributed by atoms with Gasteiger partial charge in [0.1, 0.15) is 11.3 Å². The van der Waals surface area contributed by atoms with E-state index in [0.29, 0.717) is 16.7 Å². The maximum Gasteiger partial charge on any atom is 0.340 e. The van der Waals surface area contributed by atoms with E-state index in [0.717, 1.165) is 0 Å². The zero-order valence-corrected chi connectivity index (χ0v) is 10.1. The number of hydrogen-bond donors (Lipinski definition) is 0. The van der Waals surface area contributed by atoms with Crippen LogP contribution in [-0.2, 0) is 16.0 Å². The predicted molar refractivity (Wildman–Crippen MR) is 64.8 cm³/mol. The van der Waals surface area contributed by atoms with Crippen LogP contribution in [0.25, 0.3) is 11.0 Å². The van der Waals surface area contributed by atoms with Crippen LogP contribution >= 0.6 is 0 Å². The Morgan fingerprint density at radius 3 is 2.72 bits per heavy atom. The van der Waals surface area contributed by atoms with Gasteiger partial charge in [-0.3, -0.25) is 4.79 Å². The first-order valence-electron chi connectivity index (χ1n) is 5.31. The summed E-state index contributed by atoms with van der Waals surface area (Å²) in [5.41, 5.74) is 0.190. The molecular formula is C13H12O5. The highest BCUT2D eigenvalue weighted by molar-refractivity contribution is 5.80. The molecule has 0 fully saturated rings. The number of esters is 1. The standard InChI is InChI=1S/C13H12O5/c1-16-10-3-4-11-8(6-10)5-9(13(15)18-11)7-12(14)17-2/h3-6H,7H2,1-2H3. The van der Waals surface area contributed by atoms with E-state index in [1.54, 1.807) is 31.4 Å².